The van der Waals surface area contributed by atoms with Gasteiger partial charge in [0.1, 0.15) is 0 Å². The molecular formula is C19H25ClN4O. The van der Waals surface area contributed by atoms with Crippen LogP contribution in [-0.4, -0.2) is 34.3 Å². The molecule has 1 aliphatic rings. The summed E-state index contributed by atoms with van der Waals surface area (Å²) in [4.78, 5) is 13.9. The summed E-state index contributed by atoms with van der Waals surface area (Å²) in [6.45, 7) is 6.00. The largest absolute Gasteiger partial charge is 0.338 e. The van der Waals surface area contributed by atoms with Crippen LogP contribution in [0.3, 0.4) is 0 Å². The predicted molar refractivity (Wildman–Crippen MR) is 99.8 cm³/mol. The van der Waals surface area contributed by atoms with Crippen molar-refractivity contribution in [2.24, 2.45) is 5.92 Å². The van der Waals surface area contributed by atoms with Gasteiger partial charge in [-0.1, -0.05) is 29.8 Å². The molecule has 1 aromatic carbocycles. The number of amides is 2. The minimum atomic E-state index is -0.0236. The number of carbonyl (C=O) groups is 1. The third kappa shape index (κ3) is 4.34. The second-order valence-electron chi connectivity index (χ2n) is 6.88. The number of aromatic nitrogens is 2. The zero-order chi connectivity index (χ0) is 18.0. The van der Waals surface area contributed by atoms with E-state index < -0.39 is 0 Å². The van der Waals surface area contributed by atoms with E-state index in [1.54, 1.807) is 4.90 Å². The van der Waals surface area contributed by atoms with Crippen LogP contribution >= 0.6 is 11.6 Å². The first-order valence-corrected chi connectivity index (χ1v) is 9.08. The van der Waals surface area contributed by atoms with E-state index in [1.807, 2.05) is 49.8 Å². The number of halogens is 1. The van der Waals surface area contributed by atoms with Gasteiger partial charge in [0, 0.05) is 29.9 Å². The molecule has 1 saturated carbocycles. The molecule has 2 aromatic rings. The van der Waals surface area contributed by atoms with E-state index in [0.29, 0.717) is 19.0 Å². The number of hydrogen-bond donors (Lipinski definition) is 1. The van der Waals surface area contributed by atoms with E-state index >= 15 is 0 Å². The van der Waals surface area contributed by atoms with E-state index in [2.05, 4.69) is 10.4 Å². The fourth-order valence-corrected chi connectivity index (χ4v) is 3.10. The highest BCUT2D eigenvalue weighted by molar-refractivity contribution is 6.31. The Labute approximate surface area is 154 Å². The number of aryl methyl sites for hydroxylation is 1. The van der Waals surface area contributed by atoms with Gasteiger partial charge in [-0.05, 0) is 44.2 Å². The Bertz CT molecular complexity index is 767. The molecule has 1 aromatic heterocycles. The molecule has 0 saturated heterocycles. The van der Waals surface area contributed by atoms with Gasteiger partial charge < -0.3 is 10.2 Å². The molecule has 1 aliphatic carbocycles. The van der Waals surface area contributed by atoms with Crippen LogP contribution in [0.4, 0.5) is 4.79 Å². The molecule has 134 valence electrons. The molecule has 1 fully saturated rings. The number of hydrogen-bond acceptors (Lipinski definition) is 2. The third-order valence-electron chi connectivity index (χ3n) is 4.79. The molecule has 2 amide bonds. The van der Waals surface area contributed by atoms with Crippen LogP contribution in [0.2, 0.25) is 5.02 Å². The van der Waals surface area contributed by atoms with Crippen molar-refractivity contribution in [3.8, 4) is 0 Å². The molecule has 3 rings (SSSR count). The number of benzene rings is 1. The molecule has 0 radical (unpaired) electrons. The topological polar surface area (TPSA) is 50.2 Å². The van der Waals surface area contributed by atoms with Gasteiger partial charge in [-0.25, -0.2) is 4.79 Å². The van der Waals surface area contributed by atoms with E-state index in [4.69, 9.17) is 11.6 Å². The Balaban J connectivity index is 1.68. The first kappa shape index (κ1) is 17.8. The van der Waals surface area contributed by atoms with Crippen LogP contribution < -0.4 is 5.32 Å². The standard InChI is InChI=1S/C19H25ClN4O/c1-13-17(12-23(3)19(25)21-10-15-8-9-15)14(2)24(22-13)11-16-6-4-5-7-18(16)20/h4-7,15H,8-12H2,1-3H3,(H,21,25). The molecule has 0 unspecified atom stereocenters. The highest BCUT2D eigenvalue weighted by atomic mass is 35.5. The zero-order valence-electron chi connectivity index (χ0n) is 15.1. The van der Waals surface area contributed by atoms with Crippen molar-refractivity contribution in [2.45, 2.75) is 39.8 Å². The lowest BCUT2D eigenvalue weighted by Crippen LogP contribution is -2.38. The van der Waals surface area contributed by atoms with Gasteiger partial charge in [-0.3, -0.25) is 4.68 Å². The third-order valence-corrected chi connectivity index (χ3v) is 5.16. The second-order valence-corrected chi connectivity index (χ2v) is 7.29. The maximum absolute atomic E-state index is 12.2. The van der Waals surface area contributed by atoms with Crippen LogP contribution in [0.25, 0.3) is 0 Å². The summed E-state index contributed by atoms with van der Waals surface area (Å²) < 4.78 is 1.96. The fraction of sp³-hybridized carbons (Fsp3) is 0.474. The van der Waals surface area contributed by atoms with Crippen molar-refractivity contribution in [3.05, 3.63) is 51.8 Å². The van der Waals surface area contributed by atoms with Crippen molar-refractivity contribution in [3.63, 3.8) is 0 Å². The Morgan fingerprint density at radius 2 is 2.08 bits per heavy atom. The highest BCUT2D eigenvalue weighted by Gasteiger charge is 2.23. The maximum Gasteiger partial charge on any atom is 0.317 e. The normalized spacial score (nSPS) is 13.8. The molecule has 6 heteroatoms. The Morgan fingerprint density at radius 1 is 1.36 bits per heavy atom. The SMILES string of the molecule is Cc1nn(Cc2ccccc2Cl)c(C)c1CN(C)C(=O)NCC1CC1. The van der Waals surface area contributed by atoms with Crippen LogP contribution in [0.5, 0.6) is 0 Å². The minimum absolute atomic E-state index is 0.0236. The van der Waals surface area contributed by atoms with E-state index in [-0.39, 0.29) is 6.03 Å². The maximum atomic E-state index is 12.2. The summed E-state index contributed by atoms with van der Waals surface area (Å²) in [7, 11) is 1.83. The van der Waals surface area contributed by atoms with Gasteiger partial charge in [-0.2, -0.15) is 5.10 Å². The van der Waals surface area contributed by atoms with Gasteiger partial charge in [0.2, 0.25) is 0 Å². The summed E-state index contributed by atoms with van der Waals surface area (Å²) in [5.74, 6) is 0.680. The molecule has 1 N–H and O–H groups in total. The summed E-state index contributed by atoms with van der Waals surface area (Å²) in [5.41, 5.74) is 4.15. The molecule has 0 spiro atoms. The molecule has 0 aliphatic heterocycles. The van der Waals surface area contributed by atoms with Gasteiger partial charge >= 0.3 is 6.03 Å². The molecular weight excluding hydrogens is 336 g/mol. The van der Waals surface area contributed by atoms with Crippen molar-refractivity contribution >= 4 is 17.6 Å². The van der Waals surface area contributed by atoms with Crippen molar-refractivity contribution in [2.75, 3.05) is 13.6 Å². The Kier molecular flexibility index (Phi) is 5.33. The number of rotatable bonds is 6. The molecule has 25 heavy (non-hydrogen) atoms. The lowest BCUT2D eigenvalue weighted by atomic mass is 10.2. The van der Waals surface area contributed by atoms with Gasteiger partial charge in [0.25, 0.3) is 0 Å². The summed E-state index contributed by atoms with van der Waals surface area (Å²) in [6.07, 6.45) is 2.47. The number of urea groups is 1. The van der Waals surface area contributed by atoms with Gasteiger partial charge in [0.15, 0.2) is 0 Å². The smallest absolute Gasteiger partial charge is 0.317 e. The van der Waals surface area contributed by atoms with Gasteiger partial charge in [0.05, 0.1) is 18.8 Å². The van der Waals surface area contributed by atoms with E-state index in [1.165, 1.54) is 12.8 Å². The van der Waals surface area contributed by atoms with E-state index in [9.17, 15) is 4.79 Å². The summed E-state index contributed by atoms with van der Waals surface area (Å²) in [5, 5.41) is 8.39. The summed E-state index contributed by atoms with van der Waals surface area (Å²) >= 11 is 6.26. The molecule has 0 bridgehead atoms. The zero-order valence-corrected chi connectivity index (χ0v) is 15.8. The predicted octanol–water partition coefficient (Wildman–Crippen LogP) is 3.75. The van der Waals surface area contributed by atoms with Crippen LogP contribution in [-0.2, 0) is 13.1 Å². The minimum Gasteiger partial charge on any atom is -0.338 e. The molecule has 1 heterocycles. The average Bonchev–Trinajstić information content (AvgIpc) is 3.38. The Hall–Kier alpha value is -2.01. The lowest BCUT2D eigenvalue weighted by molar-refractivity contribution is 0.206. The lowest BCUT2D eigenvalue weighted by Gasteiger charge is -2.18. The number of nitrogens with one attached hydrogen (secondary N) is 1. The first-order chi connectivity index (χ1) is 12.0. The monoisotopic (exact) mass is 360 g/mol. The highest BCUT2D eigenvalue weighted by Crippen LogP contribution is 2.27. The fourth-order valence-electron chi connectivity index (χ4n) is 2.90. The van der Waals surface area contributed by atoms with Crippen LogP contribution in [0.15, 0.2) is 24.3 Å². The van der Waals surface area contributed by atoms with Crippen molar-refractivity contribution in [1.82, 2.24) is 20.0 Å². The van der Waals surface area contributed by atoms with Crippen molar-refractivity contribution in [1.29, 1.82) is 0 Å². The molecule has 0 atom stereocenters. The average molecular weight is 361 g/mol. The van der Waals surface area contributed by atoms with E-state index in [0.717, 1.165) is 34.1 Å². The number of nitrogens with zero attached hydrogens (tertiary/aromatic N) is 3. The van der Waals surface area contributed by atoms with Crippen molar-refractivity contribution < 1.29 is 4.79 Å². The quantitative estimate of drug-likeness (QED) is 0.852. The summed E-state index contributed by atoms with van der Waals surface area (Å²) in [6, 6.07) is 7.78. The van der Waals surface area contributed by atoms with Crippen LogP contribution in [0, 0.1) is 19.8 Å². The Morgan fingerprint density at radius 3 is 2.76 bits per heavy atom. The molecule has 5 nitrogen and oxygen atoms in total. The van der Waals surface area contributed by atoms with Crippen LogP contribution in [0.1, 0.15) is 35.4 Å². The number of carbonyl (C=O) groups excluding carboxylic acids is 1. The second kappa shape index (κ2) is 7.48. The van der Waals surface area contributed by atoms with Gasteiger partial charge in [-0.15, -0.1) is 0 Å². The first-order valence-electron chi connectivity index (χ1n) is 8.71.